The molecule has 0 saturated heterocycles. The largest absolute Gasteiger partial charge is 0.395 e. The smallest absolute Gasteiger partial charge is 0.256 e. The van der Waals surface area contributed by atoms with E-state index in [2.05, 4.69) is 5.32 Å². The quantitative estimate of drug-likeness (QED) is 0.824. The summed E-state index contributed by atoms with van der Waals surface area (Å²) in [6.45, 7) is 4.14. The van der Waals surface area contributed by atoms with Crippen LogP contribution in [0.2, 0.25) is 0 Å². The number of pyridine rings is 1. The molecule has 0 spiro atoms. The average molecular weight is 383 g/mol. The van der Waals surface area contributed by atoms with Crippen LogP contribution in [-0.2, 0) is 17.9 Å². The van der Waals surface area contributed by atoms with Crippen molar-refractivity contribution in [3.63, 3.8) is 0 Å². The normalized spacial score (nSPS) is 17.5. The molecule has 2 aromatic rings. The maximum Gasteiger partial charge on any atom is 0.256 e. The number of benzene rings is 1. The molecular weight excluding hydrogens is 358 g/mol. The number of fused-ring (bicyclic) bond motifs is 1. The minimum Gasteiger partial charge on any atom is -0.395 e. The Hall–Kier alpha value is -2.93. The van der Waals surface area contributed by atoms with Gasteiger partial charge in [0.2, 0.25) is 5.91 Å². The summed E-state index contributed by atoms with van der Waals surface area (Å²) in [5.41, 5.74) is 1.59. The van der Waals surface area contributed by atoms with Crippen molar-refractivity contribution < 1.29 is 14.7 Å². The summed E-state index contributed by atoms with van der Waals surface area (Å²) >= 11 is 0. The van der Waals surface area contributed by atoms with Crippen LogP contribution in [0.15, 0.2) is 47.4 Å². The Bertz CT molecular complexity index is 937. The molecule has 148 valence electrons. The third kappa shape index (κ3) is 3.84. The van der Waals surface area contributed by atoms with Crippen LogP contribution >= 0.6 is 0 Å². The Morgan fingerprint density at radius 3 is 2.71 bits per heavy atom. The zero-order valence-corrected chi connectivity index (χ0v) is 16.1. The third-order valence-corrected chi connectivity index (χ3v) is 5.24. The molecule has 2 heterocycles. The molecule has 0 saturated carbocycles. The topological polar surface area (TPSA) is 91.6 Å². The van der Waals surface area contributed by atoms with Crippen molar-refractivity contribution in [3.05, 3.63) is 64.1 Å². The van der Waals surface area contributed by atoms with E-state index in [1.165, 1.54) is 22.9 Å². The second kappa shape index (κ2) is 8.39. The highest BCUT2D eigenvalue weighted by Gasteiger charge is 2.37. The first-order valence-corrected chi connectivity index (χ1v) is 9.47. The number of aliphatic hydroxyl groups excluding tert-OH is 1. The number of hydrogen-bond donors (Lipinski definition) is 2. The van der Waals surface area contributed by atoms with E-state index >= 15 is 0 Å². The molecule has 3 rings (SSSR count). The molecule has 2 amide bonds. The van der Waals surface area contributed by atoms with Gasteiger partial charge in [-0.05, 0) is 23.6 Å². The Labute approximate surface area is 163 Å². The molecule has 0 bridgehead atoms. The molecule has 1 aromatic carbocycles. The molecule has 1 aliphatic rings. The number of rotatable bonds is 5. The van der Waals surface area contributed by atoms with E-state index in [0.717, 1.165) is 12.0 Å². The fourth-order valence-corrected chi connectivity index (χ4v) is 3.50. The first-order valence-electron chi connectivity index (χ1n) is 9.47. The van der Waals surface area contributed by atoms with Crippen molar-refractivity contribution in [3.8, 4) is 0 Å². The number of nitrogens with zero attached hydrogens (tertiary/aromatic N) is 2. The number of para-hydroxylation sites is 1. The van der Waals surface area contributed by atoms with Crippen LogP contribution < -0.4 is 10.9 Å². The number of aliphatic hydroxyl groups is 1. The van der Waals surface area contributed by atoms with E-state index in [1.807, 2.05) is 38.1 Å². The number of carbonyl (C=O) groups excluding carboxylic acids is 2. The lowest BCUT2D eigenvalue weighted by Crippen LogP contribution is -2.49. The van der Waals surface area contributed by atoms with Gasteiger partial charge in [-0.15, -0.1) is 0 Å². The van der Waals surface area contributed by atoms with Crippen molar-refractivity contribution in [1.82, 2.24) is 9.47 Å². The van der Waals surface area contributed by atoms with Gasteiger partial charge in [0.05, 0.1) is 12.2 Å². The van der Waals surface area contributed by atoms with E-state index in [4.69, 9.17) is 5.11 Å². The summed E-state index contributed by atoms with van der Waals surface area (Å²) < 4.78 is 1.30. The lowest BCUT2D eigenvalue weighted by Gasteiger charge is -2.32. The van der Waals surface area contributed by atoms with Gasteiger partial charge in [0.25, 0.3) is 11.5 Å². The van der Waals surface area contributed by atoms with Crippen LogP contribution in [0.25, 0.3) is 0 Å². The predicted molar refractivity (Wildman–Crippen MR) is 106 cm³/mol. The number of carbonyl (C=O) groups is 2. The molecule has 2 unspecified atom stereocenters. The zero-order chi connectivity index (χ0) is 20.3. The van der Waals surface area contributed by atoms with Crippen molar-refractivity contribution in [1.29, 1.82) is 0 Å². The highest BCUT2D eigenvalue weighted by Crippen LogP contribution is 2.28. The van der Waals surface area contributed by atoms with E-state index in [0.29, 0.717) is 17.8 Å². The Balaban J connectivity index is 2.04. The summed E-state index contributed by atoms with van der Waals surface area (Å²) in [6.07, 6.45) is 2.19. The minimum absolute atomic E-state index is 0.0402. The van der Waals surface area contributed by atoms with Crippen LogP contribution in [0.5, 0.6) is 0 Å². The third-order valence-electron chi connectivity index (χ3n) is 5.24. The fraction of sp³-hybridized carbons (Fsp3) is 0.381. The maximum absolute atomic E-state index is 13.4. The fourth-order valence-electron chi connectivity index (χ4n) is 3.50. The van der Waals surface area contributed by atoms with E-state index in [1.54, 1.807) is 4.90 Å². The molecule has 1 aliphatic heterocycles. The van der Waals surface area contributed by atoms with Crippen LogP contribution in [0.3, 0.4) is 0 Å². The molecule has 0 aliphatic carbocycles. The van der Waals surface area contributed by atoms with Crippen molar-refractivity contribution in [2.75, 3.05) is 11.9 Å². The molecule has 0 radical (unpaired) electrons. The number of amides is 2. The number of anilines is 1. The van der Waals surface area contributed by atoms with Crippen LogP contribution in [0, 0.1) is 5.92 Å². The van der Waals surface area contributed by atoms with Gasteiger partial charge in [-0.3, -0.25) is 14.4 Å². The van der Waals surface area contributed by atoms with Gasteiger partial charge in [0.15, 0.2) is 0 Å². The van der Waals surface area contributed by atoms with E-state index in [9.17, 15) is 14.4 Å². The number of aromatic nitrogens is 1. The molecule has 2 atom stereocenters. The molecule has 2 N–H and O–H groups in total. The van der Waals surface area contributed by atoms with E-state index in [-0.39, 0.29) is 36.4 Å². The molecular formula is C21H25N3O4. The molecule has 0 fully saturated rings. The average Bonchev–Trinajstić information content (AvgIpc) is 2.84. The van der Waals surface area contributed by atoms with Gasteiger partial charge >= 0.3 is 0 Å². The Morgan fingerprint density at radius 1 is 1.25 bits per heavy atom. The molecule has 28 heavy (non-hydrogen) atoms. The minimum atomic E-state index is -0.622. The number of hydrogen-bond acceptors (Lipinski definition) is 4. The maximum atomic E-state index is 13.4. The van der Waals surface area contributed by atoms with Gasteiger partial charge in [0.1, 0.15) is 6.04 Å². The molecule has 1 aromatic heterocycles. The lowest BCUT2D eigenvalue weighted by atomic mass is 9.96. The summed E-state index contributed by atoms with van der Waals surface area (Å²) in [4.78, 5) is 39.8. The molecule has 7 heteroatoms. The zero-order valence-electron chi connectivity index (χ0n) is 16.1. The Kier molecular flexibility index (Phi) is 5.94. The van der Waals surface area contributed by atoms with Gasteiger partial charge < -0.3 is 19.9 Å². The van der Waals surface area contributed by atoms with Crippen molar-refractivity contribution >= 4 is 17.5 Å². The summed E-state index contributed by atoms with van der Waals surface area (Å²) in [5, 5.41) is 12.1. The van der Waals surface area contributed by atoms with Crippen molar-refractivity contribution in [2.45, 2.75) is 39.4 Å². The monoisotopic (exact) mass is 383 g/mol. The van der Waals surface area contributed by atoms with Crippen molar-refractivity contribution in [2.24, 2.45) is 5.92 Å². The second-order valence-electron chi connectivity index (χ2n) is 7.08. The highest BCUT2D eigenvalue weighted by molar-refractivity contribution is 6.02. The van der Waals surface area contributed by atoms with Gasteiger partial charge in [-0.2, -0.15) is 0 Å². The summed E-state index contributed by atoms with van der Waals surface area (Å²) in [7, 11) is 0. The number of nitrogens with one attached hydrogen (secondary N) is 1. The lowest BCUT2D eigenvalue weighted by molar-refractivity contribution is -0.122. The van der Waals surface area contributed by atoms with Gasteiger partial charge in [0, 0.05) is 31.0 Å². The van der Waals surface area contributed by atoms with Crippen LogP contribution in [0.1, 0.15) is 36.2 Å². The molecule has 7 nitrogen and oxygen atoms in total. The highest BCUT2D eigenvalue weighted by atomic mass is 16.3. The summed E-state index contributed by atoms with van der Waals surface area (Å²) in [5.74, 6) is -0.568. The standard InChI is InChI=1S/C21H25N3O4/c1-3-14(2)19-20(27)22-17-7-5-4-6-15(17)13-24(19)21(28)16-8-9-18(26)23(12-16)10-11-25/h4-9,12,14,19,25H,3,10-11,13H2,1-2H3,(H,22,27). The summed E-state index contributed by atoms with van der Waals surface area (Å²) in [6, 6.07) is 9.60. The first kappa shape index (κ1) is 19.8. The first-order chi connectivity index (χ1) is 13.5. The van der Waals surface area contributed by atoms with Crippen LogP contribution in [0.4, 0.5) is 5.69 Å². The van der Waals surface area contributed by atoms with Gasteiger partial charge in [-0.25, -0.2) is 0 Å². The Morgan fingerprint density at radius 2 is 2.00 bits per heavy atom. The predicted octanol–water partition coefficient (Wildman–Crippen LogP) is 1.85. The van der Waals surface area contributed by atoms with E-state index < -0.39 is 6.04 Å². The SMILES string of the molecule is CCC(C)C1C(=O)Nc2ccccc2CN1C(=O)c1ccc(=O)n(CCO)c1. The second-order valence-corrected chi connectivity index (χ2v) is 7.08. The van der Waals surface area contributed by atoms with Gasteiger partial charge in [-0.1, -0.05) is 38.5 Å². The van der Waals surface area contributed by atoms with Crippen LogP contribution in [-0.4, -0.2) is 39.0 Å².